The number of ether oxygens (including phenoxy) is 3. The minimum Gasteiger partial charge on any atom is -0.493 e. The second-order valence-corrected chi connectivity index (χ2v) is 6.46. The highest BCUT2D eigenvalue weighted by molar-refractivity contribution is 5.78. The SMILES string of the molecule is COc1cc2c(cc1OC)C(C)N(C(=O)C[NH+]1CCOCC1)CC2. The molecule has 0 aromatic heterocycles. The van der Waals surface area contributed by atoms with Crippen LogP contribution in [-0.2, 0) is 16.0 Å². The molecule has 1 unspecified atom stereocenters. The van der Waals surface area contributed by atoms with Crippen LogP contribution >= 0.6 is 0 Å². The molecule has 0 saturated carbocycles. The number of hydrogen-bond donors (Lipinski definition) is 1. The third-order valence-corrected chi connectivity index (χ3v) is 5.11. The van der Waals surface area contributed by atoms with Crippen LogP contribution in [0.2, 0.25) is 0 Å². The van der Waals surface area contributed by atoms with Gasteiger partial charge in [0.2, 0.25) is 0 Å². The molecule has 1 N–H and O–H groups in total. The van der Waals surface area contributed by atoms with E-state index >= 15 is 0 Å². The second kappa shape index (κ2) is 7.40. The van der Waals surface area contributed by atoms with Gasteiger partial charge >= 0.3 is 0 Å². The number of methoxy groups -OCH3 is 2. The van der Waals surface area contributed by atoms with Crippen LogP contribution in [0.25, 0.3) is 0 Å². The van der Waals surface area contributed by atoms with Gasteiger partial charge in [-0.25, -0.2) is 0 Å². The fourth-order valence-electron chi connectivity index (χ4n) is 3.64. The maximum atomic E-state index is 12.8. The van der Waals surface area contributed by atoms with E-state index in [1.54, 1.807) is 14.2 Å². The van der Waals surface area contributed by atoms with Crippen molar-refractivity contribution >= 4 is 5.91 Å². The van der Waals surface area contributed by atoms with E-state index in [4.69, 9.17) is 14.2 Å². The van der Waals surface area contributed by atoms with Crippen molar-refractivity contribution in [2.75, 3.05) is 53.6 Å². The molecule has 2 aliphatic heterocycles. The van der Waals surface area contributed by atoms with Crippen molar-refractivity contribution in [1.82, 2.24) is 4.90 Å². The van der Waals surface area contributed by atoms with Crippen LogP contribution in [0.15, 0.2) is 12.1 Å². The number of morpholine rings is 1. The van der Waals surface area contributed by atoms with Gasteiger partial charge in [0.05, 0.1) is 33.5 Å². The molecule has 1 aromatic rings. The molecule has 1 amide bonds. The Morgan fingerprint density at radius 1 is 1.25 bits per heavy atom. The van der Waals surface area contributed by atoms with Crippen molar-refractivity contribution in [1.29, 1.82) is 0 Å². The van der Waals surface area contributed by atoms with Gasteiger partial charge in [0.1, 0.15) is 13.1 Å². The van der Waals surface area contributed by atoms with E-state index in [0.717, 1.165) is 56.3 Å². The summed E-state index contributed by atoms with van der Waals surface area (Å²) in [6.07, 6.45) is 0.851. The highest BCUT2D eigenvalue weighted by Crippen LogP contribution is 2.37. The Morgan fingerprint density at radius 3 is 2.58 bits per heavy atom. The summed E-state index contributed by atoms with van der Waals surface area (Å²) in [5.41, 5.74) is 2.40. The summed E-state index contributed by atoms with van der Waals surface area (Å²) in [6.45, 7) is 6.72. The smallest absolute Gasteiger partial charge is 0.278 e. The third kappa shape index (κ3) is 3.35. The standard InChI is InChI=1S/C18H26N2O4/c1-13-15-11-17(23-3)16(22-2)10-14(15)4-5-20(13)18(21)12-19-6-8-24-9-7-19/h10-11,13H,4-9,12H2,1-3H3/p+1. The molecular weight excluding hydrogens is 308 g/mol. The van der Waals surface area contributed by atoms with E-state index in [-0.39, 0.29) is 11.9 Å². The molecule has 0 aliphatic carbocycles. The molecule has 6 nitrogen and oxygen atoms in total. The molecular formula is C18H27N2O4+. The number of hydrogen-bond acceptors (Lipinski definition) is 4. The number of nitrogens with zero attached hydrogens (tertiary/aromatic N) is 1. The summed E-state index contributed by atoms with van der Waals surface area (Å²) in [7, 11) is 3.29. The first-order chi connectivity index (χ1) is 11.6. The minimum atomic E-state index is 0.0569. The molecule has 132 valence electrons. The fraction of sp³-hybridized carbons (Fsp3) is 0.611. The maximum absolute atomic E-state index is 12.8. The van der Waals surface area contributed by atoms with E-state index in [1.807, 2.05) is 17.0 Å². The maximum Gasteiger partial charge on any atom is 0.278 e. The summed E-state index contributed by atoms with van der Waals surface area (Å²) in [5, 5.41) is 0. The van der Waals surface area contributed by atoms with Gasteiger partial charge in [-0.15, -0.1) is 0 Å². The van der Waals surface area contributed by atoms with Crippen molar-refractivity contribution < 1.29 is 23.9 Å². The van der Waals surface area contributed by atoms with Crippen molar-refractivity contribution in [3.63, 3.8) is 0 Å². The van der Waals surface area contributed by atoms with Crippen LogP contribution in [0.4, 0.5) is 0 Å². The first-order valence-corrected chi connectivity index (χ1v) is 8.59. The zero-order valence-corrected chi connectivity index (χ0v) is 14.8. The molecule has 0 bridgehead atoms. The predicted octanol–water partition coefficient (Wildman–Crippen LogP) is 0.0646. The molecule has 6 heteroatoms. The zero-order chi connectivity index (χ0) is 17.1. The normalized spacial score (nSPS) is 21.3. The summed E-state index contributed by atoms with van der Waals surface area (Å²) < 4.78 is 16.2. The number of amides is 1. The lowest BCUT2D eigenvalue weighted by molar-refractivity contribution is -0.900. The van der Waals surface area contributed by atoms with Crippen LogP contribution in [-0.4, -0.2) is 64.4 Å². The first-order valence-electron chi connectivity index (χ1n) is 8.59. The topological polar surface area (TPSA) is 52.4 Å². The van der Waals surface area contributed by atoms with E-state index in [1.165, 1.54) is 10.5 Å². The summed E-state index contributed by atoms with van der Waals surface area (Å²) in [6, 6.07) is 4.11. The number of nitrogens with one attached hydrogen (secondary N) is 1. The average Bonchev–Trinajstić information content (AvgIpc) is 2.61. The van der Waals surface area contributed by atoms with E-state index in [2.05, 4.69) is 6.92 Å². The molecule has 1 atom stereocenters. The van der Waals surface area contributed by atoms with Gasteiger partial charge in [0.15, 0.2) is 18.0 Å². The lowest BCUT2D eigenvalue weighted by Gasteiger charge is -2.36. The van der Waals surface area contributed by atoms with Crippen molar-refractivity contribution in [2.45, 2.75) is 19.4 Å². The van der Waals surface area contributed by atoms with Gasteiger partial charge < -0.3 is 24.0 Å². The molecule has 0 spiro atoms. The highest BCUT2D eigenvalue weighted by Gasteiger charge is 2.31. The van der Waals surface area contributed by atoms with E-state index in [9.17, 15) is 4.79 Å². The molecule has 2 heterocycles. The van der Waals surface area contributed by atoms with Gasteiger partial charge in [-0.3, -0.25) is 4.79 Å². The predicted molar refractivity (Wildman–Crippen MR) is 89.8 cm³/mol. The lowest BCUT2D eigenvalue weighted by Crippen LogP contribution is -3.15. The Labute approximate surface area is 143 Å². The van der Waals surface area contributed by atoms with Crippen molar-refractivity contribution in [3.8, 4) is 11.5 Å². The van der Waals surface area contributed by atoms with Gasteiger partial charge in [-0.1, -0.05) is 0 Å². The second-order valence-electron chi connectivity index (χ2n) is 6.46. The quantitative estimate of drug-likeness (QED) is 0.846. The van der Waals surface area contributed by atoms with Gasteiger partial charge in [-0.05, 0) is 36.6 Å². The number of rotatable bonds is 4. The Bertz CT molecular complexity index is 599. The molecule has 1 fully saturated rings. The Hall–Kier alpha value is -1.79. The monoisotopic (exact) mass is 335 g/mol. The largest absolute Gasteiger partial charge is 0.493 e. The van der Waals surface area contributed by atoms with E-state index < -0.39 is 0 Å². The summed E-state index contributed by atoms with van der Waals surface area (Å²) in [4.78, 5) is 16.1. The molecule has 3 rings (SSSR count). The van der Waals surface area contributed by atoms with Crippen LogP contribution < -0.4 is 14.4 Å². The van der Waals surface area contributed by atoms with Crippen molar-refractivity contribution in [2.24, 2.45) is 0 Å². The number of quaternary nitrogens is 1. The Kier molecular flexibility index (Phi) is 5.26. The lowest BCUT2D eigenvalue weighted by atomic mass is 9.92. The third-order valence-electron chi connectivity index (χ3n) is 5.11. The number of fused-ring (bicyclic) bond motifs is 1. The minimum absolute atomic E-state index is 0.0569. The highest BCUT2D eigenvalue weighted by atomic mass is 16.5. The van der Waals surface area contributed by atoms with Crippen LogP contribution in [0.5, 0.6) is 11.5 Å². The van der Waals surface area contributed by atoms with Crippen LogP contribution in [0.3, 0.4) is 0 Å². The molecule has 1 aromatic carbocycles. The van der Waals surface area contributed by atoms with Gasteiger partial charge in [0.25, 0.3) is 5.91 Å². The molecule has 0 radical (unpaired) electrons. The summed E-state index contributed by atoms with van der Waals surface area (Å²) >= 11 is 0. The Morgan fingerprint density at radius 2 is 1.92 bits per heavy atom. The van der Waals surface area contributed by atoms with Gasteiger partial charge in [0, 0.05) is 6.54 Å². The Balaban J connectivity index is 1.75. The zero-order valence-electron chi connectivity index (χ0n) is 14.8. The average molecular weight is 335 g/mol. The molecule has 1 saturated heterocycles. The van der Waals surface area contributed by atoms with E-state index in [0.29, 0.717) is 6.54 Å². The fourth-order valence-corrected chi connectivity index (χ4v) is 3.64. The van der Waals surface area contributed by atoms with Gasteiger partial charge in [-0.2, -0.15) is 0 Å². The molecule has 24 heavy (non-hydrogen) atoms. The van der Waals surface area contributed by atoms with Crippen LogP contribution in [0, 0.1) is 0 Å². The first kappa shape index (κ1) is 17.0. The van der Waals surface area contributed by atoms with Crippen LogP contribution in [0.1, 0.15) is 24.1 Å². The number of carbonyl (C=O) groups is 1. The number of benzene rings is 1. The number of carbonyl (C=O) groups excluding carboxylic acids is 1. The molecule has 2 aliphatic rings. The van der Waals surface area contributed by atoms with Crippen molar-refractivity contribution in [3.05, 3.63) is 23.3 Å². The summed E-state index contributed by atoms with van der Waals surface area (Å²) in [5.74, 6) is 1.69.